The number of hydrogen-bond donors (Lipinski definition) is 0. The maximum atomic E-state index is 6.74. The molecule has 1 saturated heterocycles. The Morgan fingerprint density at radius 3 is 2.33 bits per heavy atom. The third-order valence-electron chi connectivity index (χ3n) is 6.91. The molecule has 3 aliphatic rings. The first kappa shape index (κ1) is 15.4. The first-order valence-corrected chi connectivity index (χ1v) is 10.7. The van der Waals surface area contributed by atoms with Gasteiger partial charge >= 0.3 is 8.56 Å². The van der Waals surface area contributed by atoms with Crippen LogP contribution < -0.4 is 0 Å². The second-order valence-electron chi connectivity index (χ2n) is 7.90. The molecule has 0 spiro atoms. The van der Waals surface area contributed by atoms with Crippen LogP contribution in [0, 0.1) is 16.7 Å². The number of methoxy groups -OCH3 is 1. The van der Waals surface area contributed by atoms with Crippen molar-refractivity contribution in [2.24, 2.45) is 16.7 Å². The molecule has 0 N–H and O–H groups in total. The van der Waals surface area contributed by atoms with Crippen LogP contribution in [0.15, 0.2) is 12.0 Å². The molecule has 0 amide bonds. The highest BCUT2D eigenvalue weighted by atomic mass is 28.4. The first-order chi connectivity index (χ1) is 9.87. The van der Waals surface area contributed by atoms with E-state index in [1.807, 2.05) is 13.0 Å². The molecule has 1 heterocycles. The van der Waals surface area contributed by atoms with Gasteiger partial charge in [-0.15, -0.1) is 0 Å². The van der Waals surface area contributed by atoms with E-state index in [0.29, 0.717) is 22.9 Å². The molecule has 3 atom stereocenters. The van der Waals surface area contributed by atoms with E-state index in [9.17, 15) is 0 Å². The molecule has 2 aliphatic carbocycles. The van der Waals surface area contributed by atoms with E-state index in [1.165, 1.54) is 25.7 Å². The summed E-state index contributed by atoms with van der Waals surface area (Å²) in [5.74, 6) is 1.47. The van der Waals surface area contributed by atoms with Crippen molar-refractivity contribution in [1.82, 2.24) is 0 Å². The van der Waals surface area contributed by atoms with Crippen LogP contribution >= 0.6 is 0 Å². The SMILES string of the molecule is C/C=C(\OC)O[Si]1(O[C@@H]2C[C@@H]3CC[C@@]2(C)C3(C)C)CCC1. The number of ether oxygens (including phenoxy) is 1. The molecule has 4 heteroatoms. The van der Waals surface area contributed by atoms with Crippen LogP contribution in [0.3, 0.4) is 0 Å². The van der Waals surface area contributed by atoms with Crippen molar-refractivity contribution in [1.29, 1.82) is 0 Å². The molecule has 0 aromatic heterocycles. The van der Waals surface area contributed by atoms with Gasteiger partial charge in [0.25, 0.3) is 5.95 Å². The summed E-state index contributed by atoms with van der Waals surface area (Å²) in [4.78, 5) is 0. The van der Waals surface area contributed by atoms with Crippen molar-refractivity contribution in [3.8, 4) is 0 Å². The number of allylic oxidation sites excluding steroid dienone is 1. The Hall–Kier alpha value is -0.483. The summed E-state index contributed by atoms with van der Waals surface area (Å²) in [5.41, 5.74) is 0.724. The Balaban J connectivity index is 1.74. The molecule has 3 nitrogen and oxygen atoms in total. The summed E-state index contributed by atoms with van der Waals surface area (Å²) < 4.78 is 18.3. The summed E-state index contributed by atoms with van der Waals surface area (Å²) in [7, 11) is -0.375. The topological polar surface area (TPSA) is 27.7 Å². The van der Waals surface area contributed by atoms with E-state index in [1.54, 1.807) is 7.11 Å². The van der Waals surface area contributed by atoms with Gasteiger partial charge in [-0.2, -0.15) is 0 Å². The summed E-state index contributed by atoms with van der Waals surface area (Å²) in [6, 6.07) is 2.23. The zero-order chi connectivity index (χ0) is 15.3. The van der Waals surface area contributed by atoms with Gasteiger partial charge in [-0.25, -0.2) is 0 Å². The fourth-order valence-corrected chi connectivity index (χ4v) is 7.54. The van der Waals surface area contributed by atoms with Crippen molar-refractivity contribution in [2.75, 3.05) is 7.11 Å². The molecule has 21 heavy (non-hydrogen) atoms. The Bertz CT molecular complexity index is 441. The molecule has 1 aliphatic heterocycles. The normalized spacial score (nSPS) is 40.0. The molecule has 3 rings (SSSR count). The molecule has 120 valence electrons. The van der Waals surface area contributed by atoms with Gasteiger partial charge in [0.1, 0.15) is 0 Å². The van der Waals surface area contributed by atoms with Gasteiger partial charge in [-0.05, 0) is 55.4 Å². The lowest BCUT2D eigenvalue weighted by Gasteiger charge is -2.46. The number of fused-ring (bicyclic) bond motifs is 2. The maximum Gasteiger partial charge on any atom is 0.401 e. The van der Waals surface area contributed by atoms with Gasteiger partial charge in [0, 0.05) is 12.1 Å². The van der Waals surface area contributed by atoms with E-state index in [0.717, 1.165) is 18.0 Å². The van der Waals surface area contributed by atoms with Gasteiger partial charge in [0.15, 0.2) is 0 Å². The van der Waals surface area contributed by atoms with Crippen LogP contribution in [-0.4, -0.2) is 21.8 Å². The van der Waals surface area contributed by atoms with Crippen molar-refractivity contribution < 1.29 is 13.6 Å². The lowest BCUT2D eigenvalue weighted by Crippen LogP contribution is -2.53. The monoisotopic (exact) mass is 310 g/mol. The molecule has 0 aromatic carbocycles. The lowest BCUT2D eigenvalue weighted by atomic mass is 9.70. The Morgan fingerprint density at radius 2 is 1.95 bits per heavy atom. The minimum Gasteiger partial charge on any atom is -0.494 e. The Morgan fingerprint density at radius 1 is 1.24 bits per heavy atom. The van der Waals surface area contributed by atoms with Crippen molar-refractivity contribution in [3.63, 3.8) is 0 Å². The average molecular weight is 311 g/mol. The van der Waals surface area contributed by atoms with E-state index in [-0.39, 0.29) is 0 Å². The molecule has 0 aromatic rings. The summed E-state index contributed by atoms with van der Waals surface area (Å²) in [6.07, 6.45) is 7.43. The van der Waals surface area contributed by atoms with Gasteiger partial charge in [-0.1, -0.05) is 20.8 Å². The minimum absolute atomic E-state index is 0.319. The van der Waals surface area contributed by atoms with Crippen molar-refractivity contribution in [3.05, 3.63) is 12.0 Å². The Labute approximate surface area is 130 Å². The fraction of sp³-hybridized carbons (Fsp3) is 0.882. The number of hydrogen-bond acceptors (Lipinski definition) is 3. The highest BCUT2D eigenvalue weighted by Crippen LogP contribution is 2.67. The smallest absolute Gasteiger partial charge is 0.401 e. The molecule has 3 fully saturated rings. The van der Waals surface area contributed by atoms with E-state index in [4.69, 9.17) is 13.6 Å². The van der Waals surface area contributed by atoms with Crippen molar-refractivity contribution in [2.45, 2.75) is 71.6 Å². The summed E-state index contributed by atoms with van der Waals surface area (Å²) >= 11 is 0. The lowest BCUT2D eigenvalue weighted by molar-refractivity contribution is -0.00875. The van der Waals surface area contributed by atoms with Crippen LogP contribution in [0.4, 0.5) is 0 Å². The summed E-state index contributed by atoms with van der Waals surface area (Å²) in [6.45, 7) is 9.28. The first-order valence-electron chi connectivity index (χ1n) is 8.44. The molecule has 2 bridgehead atoms. The maximum absolute atomic E-state index is 6.74. The van der Waals surface area contributed by atoms with Crippen LogP contribution in [0.25, 0.3) is 0 Å². The van der Waals surface area contributed by atoms with Crippen LogP contribution in [0.2, 0.25) is 12.1 Å². The van der Waals surface area contributed by atoms with Gasteiger partial charge in [0.2, 0.25) is 0 Å². The van der Waals surface area contributed by atoms with Crippen LogP contribution in [0.5, 0.6) is 0 Å². The Kier molecular flexibility index (Phi) is 3.68. The predicted octanol–water partition coefficient (Wildman–Crippen LogP) is 4.59. The third-order valence-corrected chi connectivity index (χ3v) is 10.4. The molecular formula is C17H30O3Si. The highest BCUT2D eigenvalue weighted by Gasteiger charge is 2.64. The second kappa shape index (κ2) is 5.02. The van der Waals surface area contributed by atoms with Gasteiger partial charge in [0.05, 0.1) is 13.2 Å². The fourth-order valence-electron chi connectivity index (χ4n) is 4.68. The van der Waals surface area contributed by atoms with Crippen LogP contribution in [0.1, 0.15) is 53.4 Å². The van der Waals surface area contributed by atoms with Crippen LogP contribution in [-0.2, 0) is 13.6 Å². The summed E-state index contributed by atoms with van der Waals surface area (Å²) in [5, 5.41) is 0. The highest BCUT2D eigenvalue weighted by molar-refractivity contribution is 6.70. The molecule has 2 saturated carbocycles. The largest absolute Gasteiger partial charge is 0.494 e. The molecule has 0 unspecified atom stereocenters. The second-order valence-corrected chi connectivity index (χ2v) is 11.2. The minimum atomic E-state index is -2.05. The molecule has 0 radical (unpaired) electrons. The third kappa shape index (κ3) is 2.17. The zero-order valence-electron chi connectivity index (χ0n) is 14.2. The van der Waals surface area contributed by atoms with Gasteiger partial charge < -0.3 is 13.6 Å². The van der Waals surface area contributed by atoms with E-state index >= 15 is 0 Å². The average Bonchev–Trinajstić information content (AvgIpc) is 2.74. The zero-order valence-corrected chi connectivity index (χ0v) is 15.2. The van der Waals surface area contributed by atoms with Gasteiger partial charge in [-0.3, -0.25) is 0 Å². The van der Waals surface area contributed by atoms with E-state index in [2.05, 4.69) is 20.8 Å². The molecular weight excluding hydrogens is 280 g/mol. The number of rotatable bonds is 5. The standard InChI is InChI=1S/C17H30O3Si/c1-6-15(18-5)20-21(10-7-11-21)19-14-12-13-8-9-17(14,4)16(13,2)3/h6,13-14H,7-12H2,1-5H3/b15-6+/t13-,14+,17+/m0/s1. The van der Waals surface area contributed by atoms with Crippen molar-refractivity contribution >= 4 is 8.56 Å². The predicted molar refractivity (Wildman–Crippen MR) is 85.9 cm³/mol. The van der Waals surface area contributed by atoms with E-state index < -0.39 is 8.56 Å². The quantitative estimate of drug-likeness (QED) is 0.549.